The first-order valence-corrected chi connectivity index (χ1v) is 9.38. The number of amides is 1. The molecule has 0 bridgehead atoms. The van der Waals surface area contributed by atoms with Crippen LogP contribution in [-0.4, -0.2) is 47.2 Å². The highest BCUT2D eigenvalue weighted by molar-refractivity contribution is 6.30. The van der Waals surface area contributed by atoms with E-state index in [-0.39, 0.29) is 17.0 Å². The van der Waals surface area contributed by atoms with Crippen molar-refractivity contribution in [2.75, 3.05) is 19.7 Å². The van der Waals surface area contributed by atoms with Crippen molar-refractivity contribution < 1.29 is 18.7 Å². The number of carbonyl (C=O) groups is 1. The molecular formula is C20H20ClFN2O3. The van der Waals surface area contributed by atoms with E-state index in [0.717, 1.165) is 12.8 Å². The minimum absolute atomic E-state index is 0.0333. The standard InChI is InChI=1S/C20H20ClFN2O3/c21-16-10-14(5-6-17(16)22)27-15-11-20(26-12-15)7-3-9-24(13-20)19(25)18-4-1-2-8-23-18/h1-2,4-6,8,10,15H,3,7,9,11-13H2/t15-,20-/m1/s1. The quantitative estimate of drug-likeness (QED) is 0.801. The van der Waals surface area contributed by atoms with E-state index in [9.17, 15) is 9.18 Å². The molecule has 5 nitrogen and oxygen atoms in total. The highest BCUT2D eigenvalue weighted by Gasteiger charge is 2.45. The number of hydrogen-bond acceptors (Lipinski definition) is 4. The highest BCUT2D eigenvalue weighted by atomic mass is 35.5. The zero-order valence-corrected chi connectivity index (χ0v) is 15.5. The number of ether oxygens (including phenoxy) is 2. The zero-order chi connectivity index (χ0) is 18.9. The van der Waals surface area contributed by atoms with Gasteiger partial charge in [0.1, 0.15) is 23.4 Å². The number of pyridine rings is 1. The van der Waals surface area contributed by atoms with Gasteiger partial charge in [0.05, 0.1) is 23.8 Å². The number of hydrogen-bond donors (Lipinski definition) is 0. The molecule has 1 aromatic carbocycles. The van der Waals surface area contributed by atoms with E-state index in [1.54, 1.807) is 24.4 Å². The lowest BCUT2D eigenvalue weighted by Gasteiger charge is -2.39. The SMILES string of the molecule is O=C(c1ccccn1)N1CCC[C@@]2(C[C@@H](Oc3ccc(F)c(Cl)c3)CO2)C1. The maximum atomic E-state index is 13.3. The van der Waals surface area contributed by atoms with Crippen LogP contribution in [0.1, 0.15) is 29.8 Å². The fourth-order valence-electron chi connectivity index (χ4n) is 3.83. The average molecular weight is 391 g/mol. The average Bonchev–Trinajstić information content (AvgIpc) is 3.06. The number of aromatic nitrogens is 1. The molecule has 4 rings (SSSR count). The van der Waals surface area contributed by atoms with E-state index in [4.69, 9.17) is 21.1 Å². The molecule has 2 aliphatic heterocycles. The Morgan fingerprint density at radius 2 is 2.26 bits per heavy atom. The van der Waals surface area contributed by atoms with E-state index < -0.39 is 11.4 Å². The van der Waals surface area contributed by atoms with E-state index >= 15 is 0 Å². The minimum atomic E-state index is -0.473. The van der Waals surface area contributed by atoms with Crippen molar-refractivity contribution in [2.45, 2.75) is 31.0 Å². The molecule has 1 amide bonds. The second kappa shape index (κ2) is 7.44. The van der Waals surface area contributed by atoms with Gasteiger partial charge in [0.2, 0.25) is 0 Å². The summed E-state index contributed by atoms with van der Waals surface area (Å²) in [6.07, 6.45) is 3.89. The van der Waals surface area contributed by atoms with Crippen LogP contribution in [0.3, 0.4) is 0 Å². The molecular weight excluding hydrogens is 371 g/mol. The van der Waals surface area contributed by atoms with E-state index in [2.05, 4.69) is 4.98 Å². The van der Waals surface area contributed by atoms with E-state index in [1.165, 1.54) is 12.1 Å². The van der Waals surface area contributed by atoms with Crippen LogP contribution >= 0.6 is 11.6 Å². The molecule has 0 N–H and O–H groups in total. The summed E-state index contributed by atoms with van der Waals surface area (Å²) < 4.78 is 25.3. The molecule has 0 radical (unpaired) electrons. The molecule has 1 spiro atoms. The van der Waals surface area contributed by atoms with Gasteiger partial charge < -0.3 is 14.4 Å². The van der Waals surface area contributed by atoms with Gasteiger partial charge in [-0.3, -0.25) is 9.78 Å². The second-order valence-corrected chi connectivity index (χ2v) is 7.47. The predicted molar refractivity (Wildman–Crippen MR) is 98.5 cm³/mol. The summed E-state index contributed by atoms with van der Waals surface area (Å²) >= 11 is 5.82. The lowest BCUT2D eigenvalue weighted by atomic mass is 9.89. The van der Waals surface area contributed by atoms with Crippen LogP contribution in [0.25, 0.3) is 0 Å². The van der Waals surface area contributed by atoms with Gasteiger partial charge in [-0.25, -0.2) is 4.39 Å². The molecule has 1 aromatic heterocycles. The molecule has 2 aliphatic rings. The first-order chi connectivity index (χ1) is 13.0. The second-order valence-electron chi connectivity index (χ2n) is 7.06. The monoisotopic (exact) mass is 390 g/mol. The van der Waals surface area contributed by atoms with Crippen LogP contribution in [0.15, 0.2) is 42.6 Å². The molecule has 7 heteroatoms. The molecule has 0 saturated carbocycles. The van der Waals surface area contributed by atoms with Gasteiger partial charge in [-0.1, -0.05) is 17.7 Å². The van der Waals surface area contributed by atoms with E-state index in [1.807, 2.05) is 11.0 Å². The first-order valence-electron chi connectivity index (χ1n) is 9.01. The van der Waals surface area contributed by atoms with Gasteiger partial charge >= 0.3 is 0 Å². The van der Waals surface area contributed by atoms with Gasteiger partial charge in [0.25, 0.3) is 5.91 Å². The maximum absolute atomic E-state index is 13.3. The van der Waals surface area contributed by atoms with Crippen molar-refractivity contribution in [1.29, 1.82) is 0 Å². The van der Waals surface area contributed by atoms with E-state index in [0.29, 0.717) is 37.6 Å². The van der Waals surface area contributed by atoms with Crippen LogP contribution < -0.4 is 4.74 Å². The van der Waals surface area contributed by atoms with Crippen LogP contribution in [0, 0.1) is 5.82 Å². The van der Waals surface area contributed by atoms with Gasteiger partial charge in [-0.05, 0) is 37.1 Å². The summed E-state index contributed by atoms with van der Waals surface area (Å²) in [5.41, 5.74) is 0.0401. The Balaban J connectivity index is 1.41. The van der Waals surface area contributed by atoms with Gasteiger partial charge in [-0.15, -0.1) is 0 Å². The van der Waals surface area contributed by atoms with Crippen molar-refractivity contribution in [3.63, 3.8) is 0 Å². The molecule has 0 aliphatic carbocycles. The molecule has 2 atom stereocenters. The van der Waals surface area contributed by atoms with Crippen LogP contribution in [0.4, 0.5) is 4.39 Å². The van der Waals surface area contributed by atoms with Crippen LogP contribution in [0.5, 0.6) is 5.75 Å². The molecule has 27 heavy (non-hydrogen) atoms. The Morgan fingerprint density at radius 3 is 3.04 bits per heavy atom. The smallest absolute Gasteiger partial charge is 0.272 e. The van der Waals surface area contributed by atoms with Gasteiger partial charge in [-0.2, -0.15) is 0 Å². The highest BCUT2D eigenvalue weighted by Crippen LogP contribution is 2.37. The third-order valence-electron chi connectivity index (χ3n) is 5.08. The number of piperidine rings is 1. The maximum Gasteiger partial charge on any atom is 0.272 e. The lowest BCUT2D eigenvalue weighted by Crippen LogP contribution is -2.50. The number of benzene rings is 1. The van der Waals surface area contributed by atoms with Crippen molar-refractivity contribution in [2.24, 2.45) is 0 Å². The topological polar surface area (TPSA) is 51.7 Å². The molecule has 142 valence electrons. The minimum Gasteiger partial charge on any atom is -0.488 e. The molecule has 3 heterocycles. The lowest BCUT2D eigenvalue weighted by molar-refractivity contribution is -0.0454. The first kappa shape index (κ1) is 18.2. The molecule has 2 fully saturated rings. The largest absolute Gasteiger partial charge is 0.488 e. The van der Waals surface area contributed by atoms with Crippen molar-refractivity contribution in [3.8, 4) is 5.75 Å². The summed E-state index contributed by atoms with van der Waals surface area (Å²) in [7, 11) is 0. The van der Waals surface area contributed by atoms with Crippen LogP contribution in [0.2, 0.25) is 5.02 Å². The Labute approximate surface area is 162 Å². The number of likely N-dealkylation sites (tertiary alicyclic amines) is 1. The van der Waals surface area contributed by atoms with Crippen molar-refractivity contribution in [1.82, 2.24) is 9.88 Å². The normalized spacial score (nSPS) is 25.0. The summed E-state index contributed by atoms with van der Waals surface area (Å²) in [4.78, 5) is 18.7. The van der Waals surface area contributed by atoms with Gasteiger partial charge in [0, 0.05) is 25.2 Å². The summed E-state index contributed by atoms with van der Waals surface area (Å²) in [5, 5.41) is 0.0333. The van der Waals surface area contributed by atoms with Crippen LogP contribution in [-0.2, 0) is 4.74 Å². The number of carbonyl (C=O) groups excluding carboxylic acids is 1. The Morgan fingerprint density at radius 1 is 1.37 bits per heavy atom. The predicted octanol–water partition coefficient (Wildman–Crippen LogP) is 3.72. The summed E-state index contributed by atoms with van der Waals surface area (Å²) in [5.74, 6) is -0.0312. The third kappa shape index (κ3) is 3.92. The molecule has 2 aromatic rings. The summed E-state index contributed by atoms with van der Waals surface area (Å²) in [6, 6.07) is 9.64. The van der Waals surface area contributed by atoms with Crippen molar-refractivity contribution in [3.05, 3.63) is 59.1 Å². The fourth-order valence-corrected chi connectivity index (χ4v) is 4.00. The molecule has 2 saturated heterocycles. The third-order valence-corrected chi connectivity index (χ3v) is 5.37. The van der Waals surface area contributed by atoms with Gasteiger partial charge in [0.15, 0.2) is 0 Å². The summed E-state index contributed by atoms with van der Waals surface area (Å²) in [6.45, 7) is 1.65. The zero-order valence-electron chi connectivity index (χ0n) is 14.7. The molecule has 0 unspecified atom stereocenters. The number of rotatable bonds is 3. The fraction of sp³-hybridized carbons (Fsp3) is 0.400. The number of nitrogens with zero attached hydrogens (tertiary/aromatic N) is 2. The Kier molecular flexibility index (Phi) is 5.02. The Hall–Kier alpha value is -2.18. The Bertz CT molecular complexity index is 835. The number of halogens is 2. The van der Waals surface area contributed by atoms with Crippen molar-refractivity contribution >= 4 is 17.5 Å².